The second-order valence-electron chi connectivity index (χ2n) is 20.7. The van der Waals surface area contributed by atoms with Gasteiger partial charge in [-0.15, -0.1) is 0 Å². The summed E-state index contributed by atoms with van der Waals surface area (Å²) >= 11 is 0. The van der Waals surface area contributed by atoms with Crippen molar-refractivity contribution in [3.05, 3.63) is 234 Å². The van der Waals surface area contributed by atoms with Gasteiger partial charge in [0.05, 0.1) is 5.69 Å². The zero-order valence-corrected chi connectivity index (χ0v) is 39.0. The lowest BCUT2D eigenvalue weighted by atomic mass is 9.68. The first kappa shape index (κ1) is 40.1. The van der Waals surface area contributed by atoms with Crippen molar-refractivity contribution in [1.29, 1.82) is 0 Å². The van der Waals surface area contributed by atoms with Gasteiger partial charge in [-0.2, -0.15) is 0 Å². The number of rotatable bonds is 6. The second-order valence-corrected chi connectivity index (χ2v) is 20.7. The van der Waals surface area contributed by atoms with Gasteiger partial charge in [-0.1, -0.05) is 211 Å². The maximum atomic E-state index is 2.57. The highest BCUT2D eigenvalue weighted by Gasteiger charge is 2.44. The molecule has 1 saturated carbocycles. The first-order chi connectivity index (χ1) is 32.7. The molecular weight excluding hydrogens is 807 g/mol. The lowest BCUT2D eigenvalue weighted by molar-refractivity contribution is 0.353. The van der Waals surface area contributed by atoms with Crippen LogP contribution in [0.1, 0.15) is 93.2 Å². The SMILES string of the molecule is CC1(C)c2ccccc2-c2ccc(-c3ccccc3N(c3ccc(-c4ccccc4-c4cccc5c4C(C)(C)c4ccccc4-5)cc3)c3ccc4c(c3)C3(CCCCC3)c3ccccc3-4)cc21. The molecule has 13 rings (SSSR count). The van der Waals surface area contributed by atoms with E-state index in [9.17, 15) is 0 Å². The number of para-hydroxylation sites is 1. The number of nitrogens with zero attached hydrogens (tertiary/aromatic N) is 1. The van der Waals surface area contributed by atoms with Gasteiger partial charge in [-0.3, -0.25) is 0 Å². The van der Waals surface area contributed by atoms with E-state index in [1.807, 2.05) is 0 Å². The molecule has 0 bridgehead atoms. The van der Waals surface area contributed by atoms with Crippen molar-refractivity contribution in [3.8, 4) is 66.8 Å². The van der Waals surface area contributed by atoms with Crippen molar-refractivity contribution >= 4 is 17.1 Å². The fourth-order valence-corrected chi connectivity index (χ4v) is 13.3. The molecule has 4 aliphatic carbocycles. The van der Waals surface area contributed by atoms with E-state index in [0.29, 0.717) is 0 Å². The molecule has 0 aromatic heterocycles. The summed E-state index contributed by atoms with van der Waals surface area (Å²) in [7, 11) is 0. The topological polar surface area (TPSA) is 3.24 Å². The monoisotopic (exact) mass is 861 g/mol. The summed E-state index contributed by atoms with van der Waals surface area (Å²) in [5.74, 6) is 0. The van der Waals surface area contributed by atoms with Crippen LogP contribution in [0.25, 0.3) is 66.8 Å². The number of fused-ring (bicyclic) bond motifs is 11. The fourth-order valence-electron chi connectivity index (χ4n) is 13.3. The minimum Gasteiger partial charge on any atom is -0.310 e. The molecule has 1 nitrogen and oxygen atoms in total. The fraction of sp³-hybridized carbons (Fsp3) is 0.182. The maximum Gasteiger partial charge on any atom is 0.0540 e. The smallest absolute Gasteiger partial charge is 0.0540 e. The number of anilines is 3. The van der Waals surface area contributed by atoms with Crippen LogP contribution in [-0.4, -0.2) is 0 Å². The van der Waals surface area contributed by atoms with Crippen LogP contribution in [0.4, 0.5) is 17.1 Å². The highest BCUT2D eigenvalue weighted by molar-refractivity contribution is 5.95. The highest BCUT2D eigenvalue weighted by Crippen LogP contribution is 2.58. The molecule has 0 atom stereocenters. The molecule has 0 aliphatic heterocycles. The van der Waals surface area contributed by atoms with Crippen molar-refractivity contribution in [2.75, 3.05) is 4.90 Å². The largest absolute Gasteiger partial charge is 0.310 e. The van der Waals surface area contributed by atoms with E-state index in [-0.39, 0.29) is 16.2 Å². The Morgan fingerprint density at radius 3 is 1.51 bits per heavy atom. The zero-order valence-electron chi connectivity index (χ0n) is 39.0. The van der Waals surface area contributed by atoms with E-state index < -0.39 is 0 Å². The van der Waals surface area contributed by atoms with Crippen LogP contribution in [0.2, 0.25) is 0 Å². The van der Waals surface area contributed by atoms with Crippen LogP contribution in [0, 0.1) is 0 Å². The first-order valence-electron chi connectivity index (χ1n) is 24.6. The van der Waals surface area contributed by atoms with E-state index in [1.165, 1.54) is 144 Å². The normalized spacial score (nSPS) is 16.1. The van der Waals surface area contributed by atoms with Gasteiger partial charge >= 0.3 is 0 Å². The molecule has 0 N–H and O–H groups in total. The predicted molar refractivity (Wildman–Crippen MR) is 282 cm³/mol. The minimum absolute atomic E-state index is 0.0487. The van der Waals surface area contributed by atoms with Gasteiger partial charge in [-0.05, 0) is 144 Å². The highest BCUT2D eigenvalue weighted by atomic mass is 15.1. The maximum absolute atomic E-state index is 2.57. The standard InChI is InChI=1S/C66H55N/c1-64(2)57-27-12-8-22-50(57)53-37-33-44(41-60(53)64)48-20-11-15-30-62(48)67(46-36-38-54-51-23-10-14-29-59(51)66(61(54)42-46)39-16-5-17-40-66)45-34-31-43(32-35-45)47-19-6-7-21-49(47)55-25-18-26-56-52-24-9-13-28-58(52)65(3,4)63(55)56/h6-15,18-38,41-42H,5,16-17,39-40H2,1-4H3. The molecule has 0 heterocycles. The van der Waals surface area contributed by atoms with E-state index >= 15 is 0 Å². The number of benzene rings is 9. The van der Waals surface area contributed by atoms with E-state index in [2.05, 4.69) is 233 Å². The van der Waals surface area contributed by atoms with Crippen molar-refractivity contribution < 1.29 is 0 Å². The van der Waals surface area contributed by atoms with Gasteiger partial charge < -0.3 is 4.90 Å². The number of hydrogen-bond acceptors (Lipinski definition) is 1. The van der Waals surface area contributed by atoms with E-state index in [0.717, 1.165) is 5.69 Å². The van der Waals surface area contributed by atoms with Crippen molar-refractivity contribution in [3.63, 3.8) is 0 Å². The average Bonchev–Trinajstić information content (AvgIpc) is 3.88. The lowest BCUT2D eigenvalue weighted by Gasteiger charge is -2.37. The Bertz CT molecular complexity index is 3450. The molecule has 9 aromatic carbocycles. The van der Waals surface area contributed by atoms with Crippen LogP contribution >= 0.6 is 0 Å². The molecule has 0 saturated heterocycles. The summed E-state index contributed by atoms with van der Waals surface area (Å²) in [6.07, 6.45) is 6.25. The Labute approximate surface area is 396 Å². The second kappa shape index (κ2) is 14.9. The Kier molecular flexibility index (Phi) is 8.91. The third-order valence-corrected chi connectivity index (χ3v) is 16.5. The summed E-state index contributed by atoms with van der Waals surface area (Å²) in [6.45, 7) is 9.55. The molecule has 1 heteroatoms. The molecular formula is C66H55N. The number of hydrogen-bond donors (Lipinski definition) is 0. The summed E-state index contributed by atoms with van der Waals surface area (Å²) in [6, 6.07) is 76.2. The third-order valence-electron chi connectivity index (χ3n) is 16.5. The van der Waals surface area contributed by atoms with Gasteiger partial charge in [0.25, 0.3) is 0 Å². The Morgan fingerprint density at radius 2 is 0.791 bits per heavy atom. The molecule has 0 radical (unpaired) electrons. The third kappa shape index (κ3) is 5.86. The van der Waals surface area contributed by atoms with Crippen LogP contribution < -0.4 is 4.90 Å². The van der Waals surface area contributed by atoms with Gasteiger partial charge in [0, 0.05) is 33.2 Å². The Balaban J connectivity index is 0.966. The molecule has 1 fully saturated rings. The summed E-state index contributed by atoms with van der Waals surface area (Å²) in [5.41, 5.74) is 27.7. The van der Waals surface area contributed by atoms with Crippen LogP contribution in [0.15, 0.2) is 200 Å². The average molecular weight is 862 g/mol. The summed E-state index contributed by atoms with van der Waals surface area (Å²) in [4.78, 5) is 2.54. The lowest BCUT2D eigenvalue weighted by Crippen LogP contribution is -2.28. The summed E-state index contributed by atoms with van der Waals surface area (Å²) < 4.78 is 0. The minimum atomic E-state index is -0.112. The Morgan fingerprint density at radius 1 is 0.313 bits per heavy atom. The van der Waals surface area contributed by atoms with Gasteiger partial charge in [0.15, 0.2) is 0 Å². The molecule has 324 valence electrons. The zero-order chi connectivity index (χ0) is 45.1. The van der Waals surface area contributed by atoms with Crippen molar-refractivity contribution in [2.24, 2.45) is 0 Å². The predicted octanol–water partition coefficient (Wildman–Crippen LogP) is 18.0. The van der Waals surface area contributed by atoms with Gasteiger partial charge in [0.1, 0.15) is 0 Å². The molecule has 0 amide bonds. The quantitative estimate of drug-likeness (QED) is 0.161. The van der Waals surface area contributed by atoms with Crippen LogP contribution in [-0.2, 0) is 16.2 Å². The Hall–Kier alpha value is -7.22. The van der Waals surface area contributed by atoms with E-state index in [4.69, 9.17) is 0 Å². The molecule has 1 spiro atoms. The molecule has 67 heavy (non-hydrogen) atoms. The molecule has 4 aliphatic rings. The van der Waals surface area contributed by atoms with Gasteiger partial charge in [0.2, 0.25) is 0 Å². The van der Waals surface area contributed by atoms with Crippen molar-refractivity contribution in [2.45, 2.75) is 76.0 Å². The first-order valence-corrected chi connectivity index (χ1v) is 24.6. The van der Waals surface area contributed by atoms with Gasteiger partial charge in [-0.25, -0.2) is 0 Å². The summed E-state index contributed by atoms with van der Waals surface area (Å²) in [5, 5.41) is 0. The molecule has 0 unspecified atom stereocenters. The van der Waals surface area contributed by atoms with E-state index in [1.54, 1.807) is 0 Å². The van der Waals surface area contributed by atoms with Crippen molar-refractivity contribution in [1.82, 2.24) is 0 Å². The molecule has 9 aromatic rings. The van der Waals surface area contributed by atoms with Crippen LogP contribution in [0.3, 0.4) is 0 Å². The van der Waals surface area contributed by atoms with Crippen LogP contribution in [0.5, 0.6) is 0 Å².